The largest absolute Gasteiger partial charge is 0.494 e. The molecule has 1 amide bonds. The van der Waals surface area contributed by atoms with Crippen LogP contribution in [-0.4, -0.2) is 21.8 Å². The molecule has 0 bridgehead atoms. The highest BCUT2D eigenvalue weighted by molar-refractivity contribution is 8.27. The summed E-state index contributed by atoms with van der Waals surface area (Å²) >= 11 is 6.65. The maximum absolute atomic E-state index is 12.7. The van der Waals surface area contributed by atoms with E-state index in [1.165, 1.54) is 16.7 Å². The zero-order valence-electron chi connectivity index (χ0n) is 13.8. The summed E-state index contributed by atoms with van der Waals surface area (Å²) in [7, 11) is 0. The summed E-state index contributed by atoms with van der Waals surface area (Å²) < 4.78 is 6.17. The third-order valence-electron chi connectivity index (χ3n) is 3.64. The first-order valence-corrected chi connectivity index (χ1v) is 9.32. The van der Waals surface area contributed by atoms with Crippen molar-refractivity contribution < 1.29 is 9.53 Å². The summed E-state index contributed by atoms with van der Waals surface area (Å²) in [5.74, 6) is 0.722. The second-order valence-corrected chi connectivity index (χ2v) is 7.18. The molecule has 1 aromatic carbocycles. The maximum Gasteiger partial charge on any atom is 0.270 e. The highest BCUT2D eigenvalue weighted by Gasteiger charge is 2.33. The van der Waals surface area contributed by atoms with Gasteiger partial charge in [-0.05, 0) is 42.3 Å². The molecule has 1 saturated heterocycles. The van der Waals surface area contributed by atoms with Crippen molar-refractivity contribution in [1.82, 2.24) is 4.98 Å². The minimum absolute atomic E-state index is 0.119. The lowest BCUT2D eigenvalue weighted by atomic mass is 10.2. The second kappa shape index (κ2) is 8.27. The van der Waals surface area contributed by atoms with Gasteiger partial charge in [-0.2, -0.15) is 0 Å². The number of rotatable bonds is 6. The number of hydrogen-bond donors (Lipinski definition) is 0. The zero-order valence-corrected chi connectivity index (χ0v) is 15.5. The lowest BCUT2D eigenvalue weighted by Crippen LogP contribution is -2.27. The van der Waals surface area contributed by atoms with Gasteiger partial charge in [0, 0.05) is 6.20 Å². The number of nitrogens with zero attached hydrogens (tertiary/aromatic N) is 2. The van der Waals surface area contributed by atoms with Crippen molar-refractivity contribution >= 4 is 46.0 Å². The van der Waals surface area contributed by atoms with Gasteiger partial charge in [-0.1, -0.05) is 49.5 Å². The van der Waals surface area contributed by atoms with Crippen LogP contribution < -0.4 is 9.64 Å². The van der Waals surface area contributed by atoms with Crippen LogP contribution in [0.3, 0.4) is 0 Å². The van der Waals surface area contributed by atoms with E-state index in [1.54, 1.807) is 18.5 Å². The molecule has 128 valence electrons. The number of pyridine rings is 1. The van der Waals surface area contributed by atoms with E-state index < -0.39 is 0 Å². The van der Waals surface area contributed by atoms with Crippen molar-refractivity contribution in [2.45, 2.75) is 19.8 Å². The summed E-state index contributed by atoms with van der Waals surface area (Å²) in [5.41, 5.74) is 1.63. The van der Waals surface area contributed by atoms with Crippen LogP contribution in [0.5, 0.6) is 5.75 Å². The Morgan fingerprint density at radius 1 is 1.28 bits per heavy atom. The van der Waals surface area contributed by atoms with Crippen LogP contribution in [0.25, 0.3) is 6.08 Å². The van der Waals surface area contributed by atoms with E-state index in [-0.39, 0.29) is 5.91 Å². The Bertz CT molecular complexity index is 789. The summed E-state index contributed by atoms with van der Waals surface area (Å²) in [6.07, 6.45) is 7.30. The minimum atomic E-state index is -0.119. The number of unbranched alkanes of at least 4 members (excludes halogenated alkanes) is 1. The van der Waals surface area contributed by atoms with Crippen LogP contribution in [0.15, 0.2) is 53.7 Å². The van der Waals surface area contributed by atoms with Crippen LogP contribution in [0.4, 0.5) is 5.69 Å². The fourth-order valence-electron chi connectivity index (χ4n) is 2.32. The number of aromatic nitrogens is 1. The molecule has 0 atom stereocenters. The number of thioether (sulfide) groups is 1. The van der Waals surface area contributed by atoms with Gasteiger partial charge in [0.05, 0.1) is 23.4 Å². The van der Waals surface area contributed by atoms with E-state index >= 15 is 0 Å². The van der Waals surface area contributed by atoms with Gasteiger partial charge in [0.2, 0.25) is 0 Å². The number of anilines is 1. The Hall–Kier alpha value is -2.18. The number of benzene rings is 1. The zero-order chi connectivity index (χ0) is 17.6. The molecule has 2 heterocycles. The Morgan fingerprint density at radius 3 is 2.76 bits per heavy atom. The number of amides is 1. The second-order valence-electron chi connectivity index (χ2n) is 5.50. The molecule has 2 aromatic rings. The van der Waals surface area contributed by atoms with E-state index in [1.807, 2.05) is 36.4 Å². The Balaban J connectivity index is 1.73. The number of thiocarbonyl (C=S) groups is 1. The van der Waals surface area contributed by atoms with Gasteiger partial charge >= 0.3 is 0 Å². The van der Waals surface area contributed by atoms with Crippen LogP contribution in [0.2, 0.25) is 0 Å². The Morgan fingerprint density at radius 2 is 2.08 bits per heavy atom. The molecule has 0 N–H and O–H groups in total. The molecule has 0 radical (unpaired) electrons. The monoisotopic (exact) mass is 370 g/mol. The average molecular weight is 370 g/mol. The third-order valence-corrected chi connectivity index (χ3v) is 4.94. The van der Waals surface area contributed by atoms with Crippen LogP contribution in [0, 0.1) is 0 Å². The molecule has 0 spiro atoms. The molecule has 6 heteroatoms. The van der Waals surface area contributed by atoms with E-state index in [0.29, 0.717) is 14.9 Å². The van der Waals surface area contributed by atoms with E-state index in [4.69, 9.17) is 17.0 Å². The van der Waals surface area contributed by atoms with Crippen molar-refractivity contribution in [2.24, 2.45) is 0 Å². The van der Waals surface area contributed by atoms with Gasteiger partial charge in [0.25, 0.3) is 5.91 Å². The predicted octanol–water partition coefficient (Wildman–Crippen LogP) is 4.67. The van der Waals surface area contributed by atoms with Gasteiger partial charge in [0.1, 0.15) is 5.75 Å². The van der Waals surface area contributed by atoms with Gasteiger partial charge in [-0.3, -0.25) is 14.7 Å². The van der Waals surface area contributed by atoms with Crippen molar-refractivity contribution in [3.05, 3.63) is 59.3 Å². The number of carbonyl (C=O) groups is 1. The van der Waals surface area contributed by atoms with Crippen molar-refractivity contribution in [1.29, 1.82) is 0 Å². The lowest BCUT2D eigenvalue weighted by Gasteiger charge is -2.13. The van der Waals surface area contributed by atoms with Crippen LogP contribution >= 0.6 is 24.0 Å². The normalized spacial score (nSPS) is 15.9. The SMILES string of the molecule is CCCCOc1ccc(/C=C2\SC(=S)N(c3cccnc3)C2=O)cc1. The van der Waals surface area contributed by atoms with Gasteiger partial charge in [-0.25, -0.2) is 0 Å². The summed E-state index contributed by atoms with van der Waals surface area (Å²) in [4.78, 5) is 18.8. The summed E-state index contributed by atoms with van der Waals surface area (Å²) in [5, 5.41) is 0. The van der Waals surface area contributed by atoms with Gasteiger partial charge < -0.3 is 4.74 Å². The fourth-order valence-corrected chi connectivity index (χ4v) is 3.62. The predicted molar refractivity (Wildman–Crippen MR) is 107 cm³/mol. The molecule has 1 aromatic heterocycles. The molecule has 25 heavy (non-hydrogen) atoms. The molecule has 4 nitrogen and oxygen atoms in total. The highest BCUT2D eigenvalue weighted by atomic mass is 32.2. The quantitative estimate of drug-likeness (QED) is 0.420. The Kier molecular flexibility index (Phi) is 5.83. The molecule has 0 saturated carbocycles. The van der Waals surface area contributed by atoms with E-state index in [9.17, 15) is 4.79 Å². The molecule has 0 aliphatic carbocycles. The molecule has 1 aliphatic rings. The number of carbonyl (C=O) groups excluding carboxylic acids is 1. The summed E-state index contributed by atoms with van der Waals surface area (Å²) in [6.45, 7) is 2.85. The topological polar surface area (TPSA) is 42.4 Å². The first-order chi connectivity index (χ1) is 12.2. The van der Waals surface area contributed by atoms with Gasteiger partial charge in [0.15, 0.2) is 4.32 Å². The van der Waals surface area contributed by atoms with Crippen molar-refractivity contribution in [3.63, 3.8) is 0 Å². The molecule has 1 aliphatic heterocycles. The van der Waals surface area contributed by atoms with Crippen LogP contribution in [0.1, 0.15) is 25.3 Å². The summed E-state index contributed by atoms with van der Waals surface area (Å²) in [6, 6.07) is 11.3. The Labute approximate surface area is 156 Å². The fraction of sp³-hybridized carbons (Fsp3) is 0.211. The first kappa shape index (κ1) is 17.6. The van der Waals surface area contributed by atoms with Crippen molar-refractivity contribution in [2.75, 3.05) is 11.5 Å². The minimum Gasteiger partial charge on any atom is -0.494 e. The van der Waals surface area contributed by atoms with E-state index in [0.717, 1.165) is 30.8 Å². The third kappa shape index (κ3) is 4.27. The maximum atomic E-state index is 12.7. The molecule has 3 rings (SSSR count). The number of ether oxygens (including phenoxy) is 1. The molecular formula is C19H18N2O2S2. The van der Waals surface area contributed by atoms with Crippen molar-refractivity contribution in [3.8, 4) is 5.75 Å². The lowest BCUT2D eigenvalue weighted by molar-refractivity contribution is -0.113. The first-order valence-electron chi connectivity index (χ1n) is 8.10. The standard InChI is InChI=1S/C19H18N2O2S2/c1-2-3-11-23-16-8-6-14(7-9-16)12-17-18(22)21(19(24)25-17)15-5-4-10-20-13-15/h4-10,12-13H,2-3,11H2,1H3/b17-12-. The number of hydrogen-bond acceptors (Lipinski definition) is 5. The molecular weight excluding hydrogens is 352 g/mol. The highest BCUT2D eigenvalue weighted by Crippen LogP contribution is 2.35. The smallest absolute Gasteiger partial charge is 0.270 e. The van der Waals surface area contributed by atoms with E-state index in [2.05, 4.69) is 11.9 Å². The molecule has 0 unspecified atom stereocenters. The molecule has 1 fully saturated rings. The average Bonchev–Trinajstić information content (AvgIpc) is 2.91. The van der Waals surface area contributed by atoms with Crippen LogP contribution in [-0.2, 0) is 4.79 Å². The van der Waals surface area contributed by atoms with Gasteiger partial charge in [-0.15, -0.1) is 0 Å².